The van der Waals surface area contributed by atoms with E-state index < -0.39 is 0 Å². The topological polar surface area (TPSA) is 27.1 Å². The average molecular weight is 259 g/mol. The monoisotopic (exact) mass is 258 g/mol. The third-order valence-corrected chi connectivity index (χ3v) is 3.91. The van der Waals surface area contributed by atoms with Crippen LogP contribution in [0.4, 0.5) is 0 Å². The molecule has 1 fully saturated rings. The van der Waals surface area contributed by atoms with Crippen molar-refractivity contribution in [2.75, 3.05) is 11.9 Å². The first-order valence-corrected chi connectivity index (χ1v) is 6.11. The molecule has 1 aliphatic rings. The lowest BCUT2D eigenvalue weighted by atomic mass is 10.2. The van der Waals surface area contributed by atoms with E-state index in [0.717, 1.165) is 24.2 Å². The van der Waals surface area contributed by atoms with Crippen LogP contribution in [-0.2, 0) is 6.54 Å². The van der Waals surface area contributed by atoms with Gasteiger partial charge in [-0.15, -0.1) is 0 Å². The zero-order chi connectivity index (χ0) is 10.0. The fourth-order valence-electron chi connectivity index (χ4n) is 1.32. The molecule has 4 heteroatoms. The SMILES string of the molecule is CCn1cc(OCC2(CBr)CC2)cn1. The highest BCUT2D eigenvalue weighted by atomic mass is 79.9. The van der Waals surface area contributed by atoms with Crippen LogP contribution in [0, 0.1) is 5.41 Å². The Hall–Kier alpha value is -0.510. The van der Waals surface area contributed by atoms with E-state index in [1.54, 1.807) is 6.20 Å². The molecular weight excluding hydrogens is 244 g/mol. The van der Waals surface area contributed by atoms with Crippen molar-refractivity contribution in [3.63, 3.8) is 0 Å². The summed E-state index contributed by atoms with van der Waals surface area (Å²) in [5.41, 5.74) is 0.411. The van der Waals surface area contributed by atoms with E-state index in [-0.39, 0.29) is 0 Å². The number of rotatable bonds is 5. The van der Waals surface area contributed by atoms with Crippen molar-refractivity contribution in [2.24, 2.45) is 5.41 Å². The second-order valence-electron chi connectivity index (χ2n) is 3.95. The van der Waals surface area contributed by atoms with Crippen LogP contribution < -0.4 is 4.74 Å². The van der Waals surface area contributed by atoms with Crippen LogP contribution >= 0.6 is 15.9 Å². The Morgan fingerprint density at radius 1 is 1.64 bits per heavy atom. The summed E-state index contributed by atoms with van der Waals surface area (Å²) in [5.74, 6) is 0.888. The van der Waals surface area contributed by atoms with Crippen LogP contribution in [0.15, 0.2) is 12.4 Å². The average Bonchev–Trinajstić information content (AvgIpc) is 2.86. The molecule has 0 amide bonds. The molecule has 2 rings (SSSR count). The number of aromatic nitrogens is 2. The summed E-state index contributed by atoms with van der Waals surface area (Å²) >= 11 is 3.52. The molecule has 14 heavy (non-hydrogen) atoms. The summed E-state index contributed by atoms with van der Waals surface area (Å²) in [5, 5.41) is 5.21. The second-order valence-corrected chi connectivity index (χ2v) is 4.51. The highest BCUT2D eigenvalue weighted by Gasteiger charge is 2.42. The smallest absolute Gasteiger partial charge is 0.157 e. The first-order chi connectivity index (χ1) is 6.78. The summed E-state index contributed by atoms with van der Waals surface area (Å²) < 4.78 is 7.57. The van der Waals surface area contributed by atoms with Gasteiger partial charge < -0.3 is 4.74 Å². The summed E-state index contributed by atoms with van der Waals surface area (Å²) in [6.45, 7) is 3.78. The molecule has 1 heterocycles. The minimum absolute atomic E-state index is 0.411. The van der Waals surface area contributed by atoms with Crippen LogP contribution in [0.25, 0.3) is 0 Å². The predicted molar refractivity (Wildman–Crippen MR) is 58.9 cm³/mol. The molecule has 1 aromatic rings. The van der Waals surface area contributed by atoms with Gasteiger partial charge in [0.1, 0.15) is 0 Å². The molecule has 0 aliphatic heterocycles. The Morgan fingerprint density at radius 2 is 2.43 bits per heavy atom. The van der Waals surface area contributed by atoms with E-state index in [9.17, 15) is 0 Å². The van der Waals surface area contributed by atoms with E-state index in [4.69, 9.17) is 4.74 Å². The Kier molecular flexibility index (Phi) is 2.81. The second kappa shape index (κ2) is 3.93. The van der Waals surface area contributed by atoms with E-state index in [1.165, 1.54) is 12.8 Å². The molecule has 1 aliphatic carbocycles. The van der Waals surface area contributed by atoms with Crippen molar-refractivity contribution in [1.82, 2.24) is 9.78 Å². The van der Waals surface area contributed by atoms with Gasteiger partial charge in [0.25, 0.3) is 0 Å². The van der Waals surface area contributed by atoms with Crippen molar-refractivity contribution in [2.45, 2.75) is 26.3 Å². The van der Waals surface area contributed by atoms with Crippen LogP contribution in [-0.4, -0.2) is 21.7 Å². The molecule has 1 saturated carbocycles. The van der Waals surface area contributed by atoms with Crippen molar-refractivity contribution in [1.29, 1.82) is 0 Å². The van der Waals surface area contributed by atoms with Gasteiger partial charge in [0, 0.05) is 17.3 Å². The maximum Gasteiger partial charge on any atom is 0.157 e. The molecule has 0 unspecified atom stereocenters. The fourth-order valence-corrected chi connectivity index (χ4v) is 2.04. The number of alkyl halides is 1. The molecular formula is C10H15BrN2O. The molecule has 0 saturated heterocycles. The van der Waals surface area contributed by atoms with Crippen molar-refractivity contribution in [3.05, 3.63) is 12.4 Å². The molecule has 0 bridgehead atoms. The lowest BCUT2D eigenvalue weighted by molar-refractivity contribution is 0.251. The first kappa shape index (κ1) is 10.0. The number of ether oxygens (including phenoxy) is 1. The number of hydrogen-bond donors (Lipinski definition) is 0. The Bertz CT molecular complexity index is 307. The van der Waals surface area contributed by atoms with E-state index >= 15 is 0 Å². The summed E-state index contributed by atoms with van der Waals surface area (Å²) in [7, 11) is 0. The van der Waals surface area contributed by atoms with E-state index in [1.807, 2.05) is 10.9 Å². The molecule has 0 radical (unpaired) electrons. The lowest BCUT2D eigenvalue weighted by Gasteiger charge is -2.11. The largest absolute Gasteiger partial charge is 0.490 e. The van der Waals surface area contributed by atoms with Crippen LogP contribution in [0.2, 0.25) is 0 Å². The van der Waals surface area contributed by atoms with Crippen LogP contribution in [0.3, 0.4) is 0 Å². The standard InChI is InChI=1S/C10H15BrN2O/c1-2-13-6-9(5-12-13)14-8-10(7-11)3-4-10/h5-6H,2-4,7-8H2,1H3. The number of halogens is 1. The predicted octanol–water partition coefficient (Wildman–Crippen LogP) is 2.46. The van der Waals surface area contributed by atoms with Gasteiger partial charge in [-0.3, -0.25) is 4.68 Å². The van der Waals surface area contributed by atoms with Gasteiger partial charge in [-0.25, -0.2) is 0 Å². The summed E-state index contributed by atoms with van der Waals surface area (Å²) in [4.78, 5) is 0. The summed E-state index contributed by atoms with van der Waals surface area (Å²) in [6.07, 6.45) is 6.29. The fraction of sp³-hybridized carbons (Fsp3) is 0.700. The Labute approximate surface area is 92.6 Å². The maximum absolute atomic E-state index is 5.69. The molecule has 0 atom stereocenters. The van der Waals surface area contributed by atoms with E-state index in [0.29, 0.717) is 5.41 Å². The van der Waals surface area contributed by atoms with Gasteiger partial charge >= 0.3 is 0 Å². The van der Waals surface area contributed by atoms with Gasteiger partial charge in [0.2, 0.25) is 0 Å². The van der Waals surface area contributed by atoms with E-state index in [2.05, 4.69) is 28.0 Å². The Balaban J connectivity index is 1.85. The Morgan fingerprint density at radius 3 is 2.93 bits per heavy atom. The number of aryl methyl sites for hydroxylation is 1. The zero-order valence-electron chi connectivity index (χ0n) is 8.37. The van der Waals surface area contributed by atoms with Crippen LogP contribution in [0.1, 0.15) is 19.8 Å². The van der Waals surface area contributed by atoms with Gasteiger partial charge in [-0.2, -0.15) is 5.10 Å². The molecule has 3 nitrogen and oxygen atoms in total. The molecule has 1 aromatic heterocycles. The highest BCUT2D eigenvalue weighted by Crippen LogP contribution is 2.47. The third-order valence-electron chi connectivity index (χ3n) is 2.72. The first-order valence-electron chi connectivity index (χ1n) is 4.99. The molecule has 0 N–H and O–H groups in total. The molecule has 78 valence electrons. The lowest BCUT2D eigenvalue weighted by Crippen LogP contribution is -2.13. The van der Waals surface area contributed by atoms with Gasteiger partial charge in [-0.05, 0) is 19.8 Å². The quantitative estimate of drug-likeness (QED) is 0.759. The highest BCUT2D eigenvalue weighted by molar-refractivity contribution is 9.09. The van der Waals surface area contributed by atoms with Gasteiger partial charge in [0.05, 0.1) is 19.0 Å². The normalized spacial score (nSPS) is 18.1. The van der Waals surface area contributed by atoms with Crippen molar-refractivity contribution < 1.29 is 4.74 Å². The van der Waals surface area contributed by atoms with Gasteiger partial charge in [-0.1, -0.05) is 15.9 Å². The van der Waals surface area contributed by atoms with Crippen molar-refractivity contribution in [3.8, 4) is 5.75 Å². The minimum atomic E-state index is 0.411. The zero-order valence-corrected chi connectivity index (χ0v) is 9.96. The maximum atomic E-state index is 5.69. The van der Waals surface area contributed by atoms with Crippen LogP contribution in [0.5, 0.6) is 5.75 Å². The summed E-state index contributed by atoms with van der Waals surface area (Å²) in [6, 6.07) is 0. The number of hydrogen-bond acceptors (Lipinski definition) is 2. The number of nitrogens with zero attached hydrogens (tertiary/aromatic N) is 2. The third kappa shape index (κ3) is 2.11. The minimum Gasteiger partial charge on any atom is -0.490 e. The molecule has 0 spiro atoms. The van der Waals surface area contributed by atoms with Gasteiger partial charge in [0.15, 0.2) is 5.75 Å². The van der Waals surface area contributed by atoms with Crippen molar-refractivity contribution >= 4 is 15.9 Å². The molecule has 0 aromatic carbocycles.